The minimum Gasteiger partial charge on any atom is -0.267 e. The molecule has 0 unspecified atom stereocenters. The Balaban J connectivity index is 1.65. The number of rotatable bonds is 7. The van der Waals surface area contributed by atoms with E-state index in [-0.39, 0.29) is 35.3 Å². The molecule has 0 amide bonds. The molecule has 1 N–H and O–H groups in total. The van der Waals surface area contributed by atoms with Crippen LogP contribution in [-0.4, -0.2) is 24.7 Å². The van der Waals surface area contributed by atoms with Crippen LogP contribution >= 0.6 is 11.6 Å². The highest BCUT2D eigenvalue weighted by molar-refractivity contribution is 7.89. The normalized spacial score (nSPS) is 15.3. The van der Waals surface area contributed by atoms with Crippen molar-refractivity contribution >= 4 is 21.6 Å². The number of hydrogen-bond acceptors (Lipinski definition) is 3. The molecule has 0 radical (unpaired) electrons. The monoisotopic (exact) mass is 425 g/mol. The molecule has 5 nitrogen and oxygen atoms in total. The van der Waals surface area contributed by atoms with Crippen LogP contribution in [0.1, 0.15) is 36.6 Å². The molecule has 0 bridgehead atoms. The van der Waals surface area contributed by atoms with E-state index in [4.69, 9.17) is 11.6 Å². The summed E-state index contributed by atoms with van der Waals surface area (Å²) in [7, 11) is -3.82. The largest absolute Gasteiger partial charge is 0.436 e. The first-order valence-corrected chi connectivity index (χ1v) is 10.0. The van der Waals surface area contributed by atoms with Gasteiger partial charge in [0, 0.05) is 19.0 Å². The molecule has 0 spiro atoms. The summed E-state index contributed by atoms with van der Waals surface area (Å²) >= 11 is 5.88. The van der Waals surface area contributed by atoms with E-state index in [9.17, 15) is 26.0 Å². The van der Waals surface area contributed by atoms with E-state index < -0.39 is 27.7 Å². The topological polar surface area (TPSA) is 64.0 Å². The number of aromatic nitrogens is 2. The van der Waals surface area contributed by atoms with Gasteiger partial charge < -0.3 is 0 Å². The third-order valence-corrected chi connectivity index (χ3v) is 5.98. The Bertz CT molecular complexity index is 922. The predicted molar refractivity (Wildman–Crippen MR) is 90.4 cm³/mol. The summed E-state index contributed by atoms with van der Waals surface area (Å²) in [5, 5.41) is 3.21. The van der Waals surface area contributed by atoms with Crippen LogP contribution in [0.3, 0.4) is 0 Å². The minimum atomic E-state index is -4.64. The summed E-state index contributed by atoms with van der Waals surface area (Å²) in [5.41, 5.74) is -0.761. The van der Waals surface area contributed by atoms with Gasteiger partial charge in [-0.2, -0.15) is 18.3 Å². The van der Waals surface area contributed by atoms with Gasteiger partial charge in [0.2, 0.25) is 10.0 Å². The third-order valence-electron chi connectivity index (χ3n) is 4.13. The molecule has 1 heterocycles. The smallest absolute Gasteiger partial charge is 0.267 e. The van der Waals surface area contributed by atoms with E-state index in [0.29, 0.717) is 5.69 Å². The number of alkyl halides is 3. The maximum Gasteiger partial charge on any atom is 0.436 e. The summed E-state index contributed by atoms with van der Waals surface area (Å²) in [6.45, 7) is 0.0796. The zero-order valence-corrected chi connectivity index (χ0v) is 15.5. The van der Waals surface area contributed by atoms with Crippen molar-refractivity contribution < 1.29 is 26.0 Å². The predicted octanol–water partition coefficient (Wildman–Crippen LogP) is 3.94. The average Bonchev–Trinajstić information content (AvgIpc) is 3.34. The van der Waals surface area contributed by atoms with Crippen LogP contribution in [-0.2, 0) is 22.7 Å². The fourth-order valence-electron chi connectivity index (χ4n) is 2.68. The molecule has 0 atom stereocenters. The van der Waals surface area contributed by atoms with Crippen molar-refractivity contribution in [3.05, 3.63) is 46.5 Å². The van der Waals surface area contributed by atoms with Crippen molar-refractivity contribution in [2.45, 2.75) is 42.8 Å². The summed E-state index contributed by atoms with van der Waals surface area (Å²) in [6.07, 6.45) is -2.93. The second-order valence-electron chi connectivity index (χ2n) is 6.25. The quantitative estimate of drug-likeness (QED) is 0.540. The standard InChI is InChI=1S/C16H16ClF4N3O2S/c17-13-14(10-2-3-10)24(23-15(13)16(19,20)21)9-1-8-22-27(25,26)12-6-4-11(18)5-7-12/h4-7,10,22H,1-3,8-9H2. The minimum absolute atomic E-state index is 0.0113. The molecule has 0 aliphatic heterocycles. The molecular formula is C16H16ClF4N3O2S. The van der Waals surface area contributed by atoms with Gasteiger partial charge in [-0.15, -0.1) is 0 Å². The summed E-state index contributed by atoms with van der Waals surface area (Å²) < 4.78 is 79.7. The number of nitrogens with zero attached hydrogens (tertiary/aromatic N) is 2. The molecule has 1 aliphatic carbocycles. The van der Waals surface area contributed by atoms with E-state index >= 15 is 0 Å². The van der Waals surface area contributed by atoms with Crippen LogP contribution in [0.25, 0.3) is 0 Å². The van der Waals surface area contributed by atoms with Crippen LogP contribution in [0.2, 0.25) is 5.02 Å². The summed E-state index contributed by atoms with van der Waals surface area (Å²) in [6, 6.07) is 4.32. The first-order chi connectivity index (χ1) is 12.6. The van der Waals surface area contributed by atoms with Gasteiger partial charge >= 0.3 is 6.18 Å². The Morgan fingerprint density at radius 1 is 1.22 bits per heavy atom. The fourth-order valence-corrected chi connectivity index (χ4v) is 4.15. The Labute approximate surface area is 158 Å². The highest BCUT2D eigenvalue weighted by atomic mass is 35.5. The molecule has 27 heavy (non-hydrogen) atoms. The number of sulfonamides is 1. The van der Waals surface area contributed by atoms with Crippen LogP contribution < -0.4 is 4.72 Å². The molecule has 11 heteroatoms. The van der Waals surface area contributed by atoms with E-state index in [1.54, 1.807) is 0 Å². The van der Waals surface area contributed by atoms with Gasteiger partial charge in [0.05, 0.1) is 15.6 Å². The molecule has 1 saturated carbocycles. The second kappa shape index (κ2) is 7.40. The van der Waals surface area contributed by atoms with E-state index in [1.807, 2.05) is 0 Å². The SMILES string of the molecule is O=S(=O)(NCCCn1nc(C(F)(F)F)c(Cl)c1C1CC1)c1ccc(F)cc1. The van der Waals surface area contributed by atoms with Gasteiger partial charge in [-0.1, -0.05) is 11.6 Å². The molecule has 1 aromatic heterocycles. The van der Waals surface area contributed by atoms with Crippen molar-refractivity contribution in [2.24, 2.45) is 0 Å². The lowest BCUT2D eigenvalue weighted by atomic mass is 10.2. The first kappa shape index (κ1) is 20.1. The molecule has 148 valence electrons. The number of halogens is 5. The Hall–Kier alpha value is -1.65. The first-order valence-electron chi connectivity index (χ1n) is 8.18. The fraction of sp³-hybridized carbons (Fsp3) is 0.438. The molecule has 3 rings (SSSR count). The highest BCUT2D eigenvalue weighted by Crippen LogP contribution is 2.46. The maximum absolute atomic E-state index is 13.0. The van der Waals surface area contributed by atoms with Gasteiger partial charge in [-0.05, 0) is 43.5 Å². The maximum atomic E-state index is 13.0. The molecule has 0 saturated heterocycles. The van der Waals surface area contributed by atoms with Crippen molar-refractivity contribution in [1.29, 1.82) is 0 Å². The molecule has 1 aliphatic rings. The van der Waals surface area contributed by atoms with Gasteiger partial charge in [-0.3, -0.25) is 4.68 Å². The average molecular weight is 426 g/mol. The van der Waals surface area contributed by atoms with Crippen molar-refractivity contribution in [1.82, 2.24) is 14.5 Å². The lowest BCUT2D eigenvalue weighted by molar-refractivity contribution is -0.141. The van der Waals surface area contributed by atoms with Crippen LogP contribution in [0, 0.1) is 5.82 Å². The van der Waals surface area contributed by atoms with Gasteiger partial charge in [0.15, 0.2) is 5.69 Å². The molecule has 1 aromatic carbocycles. The lowest BCUT2D eigenvalue weighted by Gasteiger charge is -2.09. The number of benzene rings is 1. The Kier molecular flexibility index (Phi) is 5.51. The summed E-state index contributed by atoms with van der Waals surface area (Å²) in [5.74, 6) is -0.602. The van der Waals surface area contributed by atoms with Crippen molar-refractivity contribution in [2.75, 3.05) is 6.54 Å². The zero-order chi connectivity index (χ0) is 19.8. The van der Waals surface area contributed by atoms with E-state index in [2.05, 4.69) is 9.82 Å². The highest BCUT2D eigenvalue weighted by Gasteiger charge is 2.41. The van der Waals surface area contributed by atoms with Crippen molar-refractivity contribution in [3.63, 3.8) is 0 Å². The van der Waals surface area contributed by atoms with Crippen molar-refractivity contribution in [3.8, 4) is 0 Å². The van der Waals surface area contributed by atoms with Gasteiger partial charge in [0.1, 0.15) is 5.82 Å². The molecular weight excluding hydrogens is 410 g/mol. The van der Waals surface area contributed by atoms with Crippen LogP contribution in [0.15, 0.2) is 29.2 Å². The van der Waals surface area contributed by atoms with Crippen LogP contribution in [0.5, 0.6) is 0 Å². The number of hydrogen-bond donors (Lipinski definition) is 1. The van der Waals surface area contributed by atoms with Crippen LogP contribution in [0.4, 0.5) is 17.6 Å². The second-order valence-corrected chi connectivity index (χ2v) is 8.39. The summed E-state index contributed by atoms with van der Waals surface area (Å²) in [4.78, 5) is -0.0935. The van der Waals surface area contributed by atoms with Gasteiger partial charge in [-0.25, -0.2) is 17.5 Å². The molecule has 2 aromatic rings. The van der Waals surface area contributed by atoms with E-state index in [1.165, 1.54) is 4.68 Å². The zero-order valence-electron chi connectivity index (χ0n) is 13.9. The Morgan fingerprint density at radius 2 is 1.85 bits per heavy atom. The lowest BCUT2D eigenvalue weighted by Crippen LogP contribution is -2.25. The number of nitrogens with one attached hydrogen (secondary N) is 1. The molecule has 1 fully saturated rings. The van der Waals surface area contributed by atoms with E-state index in [0.717, 1.165) is 37.1 Å². The third kappa shape index (κ3) is 4.61. The Morgan fingerprint density at radius 3 is 2.41 bits per heavy atom. The number of aryl methyl sites for hydroxylation is 1. The van der Waals surface area contributed by atoms with Gasteiger partial charge in [0.25, 0.3) is 0 Å².